The van der Waals surface area contributed by atoms with Crippen LogP contribution in [-0.4, -0.2) is 24.2 Å². The summed E-state index contributed by atoms with van der Waals surface area (Å²) in [5.74, 6) is 0.905. The highest BCUT2D eigenvalue weighted by Crippen LogP contribution is 2.27. The molecule has 0 radical (unpaired) electrons. The van der Waals surface area contributed by atoms with Gasteiger partial charge in [-0.1, -0.05) is 30.2 Å². The van der Waals surface area contributed by atoms with Crippen molar-refractivity contribution >= 4 is 29.3 Å². The van der Waals surface area contributed by atoms with Gasteiger partial charge in [0.2, 0.25) is 5.91 Å². The molecule has 0 saturated heterocycles. The molecule has 2 rings (SSSR count). The normalized spacial score (nSPS) is 22.4. The first-order chi connectivity index (χ1) is 9.20. The predicted molar refractivity (Wildman–Crippen MR) is 80.5 cm³/mol. The summed E-state index contributed by atoms with van der Waals surface area (Å²) in [7, 11) is 0. The lowest BCUT2D eigenvalue weighted by atomic mass is 10.0. The van der Waals surface area contributed by atoms with Crippen LogP contribution < -0.4 is 11.1 Å². The molecule has 1 saturated carbocycles. The minimum absolute atomic E-state index is 0.0651. The van der Waals surface area contributed by atoms with E-state index in [0.29, 0.717) is 23.2 Å². The van der Waals surface area contributed by atoms with Gasteiger partial charge in [-0.3, -0.25) is 4.79 Å². The second-order valence-electron chi connectivity index (χ2n) is 4.82. The van der Waals surface area contributed by atoms with Crippen molar-refractivity contribution in [3.8, 4) is 0 Å². The molecule has 1 aliphatic carbocycles. The molecule has 104 valence electrons. The lowest BCUT2D eigenvalue weighted by Gasteiger charge is -2.19. The minimum atomic E-state index is 0.0651. The summed E-state index contributed by atoms with van der Waals surface area (Å²) in [5.41, 5.74) is 5.71. The Hall–Kier alpha value is -0.710. The second kappa shape index (κ2) is 7.17. The molecule has 3 N–H and O–H groups in total. The fourth-order valence-electron chi connectivity index (χ4n) is 2.46. The molecule has 0 aromatic heterocycles. The van der Waals surface area contributed by atoms with Gasteiger partial charge in [0.1, 0.15) is 0 Å². The molecule has 1 aliphatic rings. The topological polar surface area (TPSA) is 55.1 Å². The lowest BCUT2D eigenvalue weighted by Crippen LogP contribution is -2.40. The molecule has 1 aromatic carbocycles. The Labute approximate surface area is 123 Å². The fourth-order valence-corrected chi connectivity index (χ4v) is 3.51. The van der Waals surface area contributed by atoms with Crippen molar-refractivity contribution in [3.63, 3.8) is 0 Å². The first-order valence-electron chi connectivity index (χ1n) is 6.57. The predicted octanol–water partition coefficient (Wildman–Crippen LogP) is 2.68. The number of halogens is 1. The average Bonchev–Trinajstić information content (AvgIpc) is 2.85. The molecule has 1 amide bonds. The molecule has 1 fully saturated rings. The molecular weight excluding hydrogens is 280 g/mol. The number of thioether (sulfide) groups is 1. The van der Waals surface area contributed by atoms with Gasteiger partial charge in [0.25, 0.3) is 0 Å². The number of hydrogen-bond acceptors (Lipinski definition) is 3. The summed E-state index contributed by atoms with van der Waals surface area (Å²) >= 11 is 7.53. The minimum Gasteiger partial charge on any atom is -0.352 e. The van der Waals surface area contributed by atoms with Gasteiger partial charge in [-0.15, -0.1) is 11.8 Å². The van der Waals surface area contributed by atoms with E-state index in [0.717, 1.165) is 24.2 Å². The zero-order chi connectivity index (χ0) is 13.7. The molecule has 0 bridgehead atoms. The molecular formula is C14H19ClN2OS. The SMILES string of the molecule is NCC1CCCC1NC(=O)CSc1ccccc1Cl. The van der Waals surface area contributed by atoms with E-state index in [1.807, 2.05) is 24.3 Å². The largest absolute Gasteiger partial charge is 0.352 e. The number of nitrogens with two attached hydrogens (primary N) is 1. The number of rotatable bonds is 5. The van der Waals surface area contributed by atoms with Crippen LogP contribution in [0.5, 0.6) is 0 Å². The summed E-state index contributed by atoms with van der Waals surface area (Å²) in [6.07, 6.45) is 3.33. The molecule has 2 unspecified atom stereocenters. The van der Waals surface area contributed by atoms with Crippen molar-refractivity contribution in [1.82, 2.24) is 5.32 Å². The van der Waals surface area contributed by atoms with Crippen LogP contribution >= 0.6 is 23.4 Å². The Balaban J connectivity index is 1.80. The first-order valence-corrected chi connectivity index (χ1v) is 7.94. The van der Waals surface area contributed by atoms with Crippen molar-refractivity contribution in [2.45, 2.75) is 30.2 Å². The molecule has 1 aromatic rings. The van der Waals surface area contributed by atoms with Crippen molar-refractivity contribution in [1.29, 1.82) is 0 Å². The zero-order valence-electron chi connectivity index (χ0n) is 10.8. The van der Waals surface area contributed by atoms with Crippen LogP contribution in [0.4, 0.5) is 0 Å². The number of carbonyl (C=O) groups is 1. The third-order valence-electron chi connectivity index (χ3n) is 3.50. The number of hydrogen-bond donors (Lipinski definition) is 2. The maximum atomic E-state index is 11.9. The van der Waals surface area contributed by atoms with Crippen LogP contribution in [0.1, 0.15) is 19.3 Å². The number of amides is 1. The summed E-state index contributed by atoms with van der Waals surface area (Å²) in [6, 6.07) is 7.83. The lowest BCUT2D eigenvalue weighted by molar-refractivity contribution is -0.119. The van der Waals surface area contributed by atoms with E-state index in [9.17, 15) is 4.79 Å². The van der Waals surface area contributed by atoms with Gasteiger partial charge in [-0.2, -0.15) is 0 Å². The van der Waals surface area contributed by atoms with E-state index in [1.54, 1.807) is 0 Å². The Bertz CT molecular complexity index is 441. The Morgan fingerprint density at radius 3 is 2.95 bits per heavy atom. The van der Waals surface area contributed by atoms with Gasteiger partial charge in [-0.05, 0) is 37.4 Å². The van der Waals surface area contributed by atoms with Crippen LogP contribution in [-0.2, 0) is 4.79 Å². The Kier molecular flexibility index (Phi) is 5.55. The standard InChI is InChI=1S/C14H19ClN2OS/c15-11-5-1-2-7-13(11)19-9-14(18)17-12-6-3-4-10(12)8-16/h1-2,5,7,10,12H,3-4,6,8-9,16H2,(H,17,18). The molecule has 2 atom stereocenters. The highest BCUT2D eigenvalue weighted by Gasteiger charge is 2.27. The second-order valence-corrected chi connectivity index (χ2v) is 6.24. The number of benzene rings is 1. The van der Waals surface area contributed by atoms with Gasteiger partial charge >= 0.3 is 0 Å². The third kappa shape index (κ3) is 4.13. The van der Waals surface area contributed by atoms with Crippen LogP contribution in [0.2, 0.25) is 5.02 Å². The monoisotopic (exact) mass is 298 g/mol. The van der Waals surface area contributed by atoms with Crippen molar-refractivity contribution in [2.24, 2.45) is 11.7 Å². The van der Waals surface area contributed by atoms with Crippen molar-refractivity contribution in [3.05, 3.63) is 29.3 Å². The summed E-state index contributed by atoms with van der Waals surface area (Å²) in [5, 5.41) is 3.78. The van der Waals surface area contributed by atoms with Crippen molar-refractivity contribution in [2.75, 3.05) is 12.3 Å². The van der Waals surface area contributed by atoms with Gasteiger partial charge in [-0.25, -0.2) is 0 Å². The third-order valence-corrected chi connectivity index (χ3v) is 5.02. The molecule has 19 heavy (non-hydrogen) atoms. The van der Waals surface area contributed by atoms with Crippen LogP contribution in [0.3, 0.4) is 0 Å². The van der Waals surface area contributed by atoms with E-state index in [-0.39, 0.29) is 11.9 Å². The van der Waals surface area contributed by atoms with Crippen LogP contribution in [0, 0.1) is 5.92 Å². The quantitative estimate of drug-likeness (QED) is 0.822. The fraction of sp³-hybridized carbons (Fsp3) is 0.500. The Morgan fingerprint density at radius 2 is 2.21 bits per heavy atom. The highest BCUT2D eigenvalue weighted by molar-refractivity contribution is 8.00. The summed E-state index contributed by atoms with van der Waals surface area (Å²) in [6.45, 7) is 0.655. The maximum Gasteiger partial charge on any atom is 0.230 e. The maximum absolute atomic E-state index is 11.9. The molecule has 5 heteroatoms. The van der Waals surface area contributed by atoms with Crippen molar-refractivity contribution < 1.29 is 4.79 Å². The number of nitrogens with one attached hydrogen (secondary N) is 1. The van der Waals surface area contributed by atoms with E-state index in [2.05, 4.69) is 5.32 Å². The first kappa shape index (κ1) is 14.7. The smallest absolute Gasteiger partial charge is 0.230 e. The molecule has 0 aliphatic heterocycles. The molecule has 3 nitrogen and oxygen atoms in total. The van der Waals surface area contributed by atoms with E-state index in [4.69, 9.17) is 17.3 Å². The van der Waals surface area contributed by atoms with Crippen LogP contribution in [0.25, 0.3) is 0 Å². The number of carbonyl (C=O) groups excluding carboxylic acids is 1. The Morgan fingerprint density at radius 1 is 1.42 bits per heavy atom. The van der Waals surface area contributed by atoms with Gasteiger partial charge in [0, 0.05) is 10.9 Å². The molecule has 0 spiro atoms. The zero-order valence-corrected chi connectivity index (χ0v) is 12.3. The van der Waals surface area contributed by atoms with E-state index in [1.165, 1.54) is 11.8 Å². The van der Waals surface area contributed by atoms with Gasteiger partial charge < -0.3 is 11.1 Å². The van der Waals surface area contributed by atoms with Crippen LogP contribution in [0.15, 0.2) is 29.2 Å². The van der Waals surface area contributed by atoms with Gasteiger partial charge in [0.05, 0.1) is 10.8 Å². The molecule has 0 heterocycles. The average molecular weight is 299 g/mol. The van der Waals surface area contributed by atoms with E-state index < -0.39 is 0 Å². The highest BCUT2D eigenvalue weighted by atomic mass is 35.5. The van der Waals surface area contributed by atoms with Gasteiger partial charge in [0.15, 0.2) is 0 Å². The summed E-state index contributed by atoms with van der Waals surface area (Å²) in [4.78, 5) is 12.9. The van der Waals surface area contributed by atoms with E-state index >= 15 is 0 Å². The summed E-state index contributed by atoms with van der Waals surface area (Å²) < 4.78 is 0.